The van der Waals surface area contributed by atoms with Gasteiger partial charge in [0.1, 0.15) is 6.61 Å². The van der Waals surface area contributed by atoms with Crippen molar-refractivity contribution in [2.75, 3.05) is 19.7 Å². The average Bonchev–Trinajstić information content (AvgIpc) is 2.59. The lowest BCUT2D eigenvalue weighted by Gasteiger charge is -2.25. The van der Waals surface area contributed by atoms with Crippen molar-refractivity contribution in [2.45, 2.75) is 76.7 Å². The van der Waals surface area contributed by atoms with E-state index in [0.717, 1.165) is 38.8 Å². The molecule has 2 rings (SSSR count). The lowest BCUT2D eigenvalue weighted by atomic mass is 9.98. The first-order valence-electron chi connectivity index (χ1n) is 8.25. The molecule has 0 bridgehead atoms. The lowest BCUT2D eigenvalue weighted by molar-refractivity contribution is -0.139. The van der Waals surface area contributed by atoms with E-state index in [9.17, 15) is 4.79 Å². The smallest absolute Gasteiger partial charge is 0.248 e. The molecule has 0 aromatic heterocycles. The Hall–Kier alpha value is -0.570. The summed E-state index contributed by atoms with van der Waals surface area (Å²) in [5.74, 6) is 0.215. The first-order valence-corrected chi connectivity index (χ1v) is 8.25. The predicted molar refractivity (Wildman–Crippen MR) is 77.1 cm³/mol. The minimum Gasteiger partial charge on any atom is -0.368 e. The Labute approximate surface area is 117 Å². The summed E-state index contributed by atoms with van der Waals surface area (Å²) >= 11 is 0. The number of carbonyl (C=O) groups is 1. The van der Waals surface area contributed by atoms with Crippen LogP contribution in [0.25, 0.3) is 0 Å². The fourth-order valence-electron chi connectivity index (χ4n) is 3.19. The zero-order valence-corrected chi connectivity index (χ0v) is 12.2. The monoisotopic (exact) mass is 267 g/mol. The average molecular weight is 267 g/mol. The second-order valence-electron chi connectivity index (χ2n) is 6.07. The molecule has 3 heteroatoms. The molecule has 0 unspecified atom stereocenters. The van der Waals surface area contributed by atoms with E-state index in [2.05, 4.69) is 0 Å². The number of amides is 1. The molecule has 2 fully saturated rings. The predicted octanol–water partition coefficient (Wildman–Crippen LogP) is 3.52. The van der Waals surface area contributed by atoms with Crippen LogP contribution in [-0.2, 0) is 9.53 Å². The van der Waals surface area contributed by atoms with Gasteiger partial charge in [0, 0.05) is 13.1 Å². The summed E-state index contributed by atoms with van der Waals surface area (Å²) in [4.78, 5) is 14.3. The van der Waals surface area contributed by atoms with Crippen LogP contribution in [0.15, 0.2) is 0 Å². The number of ether oxygens (including phenoxy) is 1. The van der Waals surface area contributed by atoms with Crippen molar-refractivity contribution in [1.29, 1.82) is 0 Å². The Bertz CT molecular complexity index is 251. The quantitative estimate of drug-likeness (QED) is 0.783. The molecule has 19 heavy (non-hydrogen) atoms. The van der Waals surface area contributed by atoms with Crippen LogP contribution < -0.4 is 0 Å². The molecule has 1 heterocycles. The van der Waals surface area contributed by atoms with Crippen LogP contribution in [0.1, 0.15) is 70.6 Å². The molecule has 3 nitrogen and oxygen atoms in total. The highest BCUT2D eigenvalue weighted by Gasteiger charge is 2.18. The maximum absolute atomic E-state index is 12.2. The maximum atomic E-state index is 12.2. The number of rotatable bonds is 3. The second kappa shape index (κ2) is 8.57. The van der Waals surface area contributed by atoms with Gasteiger partial charge in [-0.05, 0) is 25.7 Å². The van der Waals surface area contributed by atoms with Gasteiger partial charge in [-0.3, -0.25) is 4.79 Å². The van der Waals surface area contributed by atoms with Crippen LogP contribution >= 0.6 is 0 Å². The van der Waals surface area contributed by atoms with Crippen LogP contribution in [0.3, 0.4) is 0 Å². The number of hydrogen-bond acceptors (Lipinski definition) is 2. The Balaban J connectivity index is 1.70. The minimum absolute atomic E-state index is 0.215. The number of hydrogen-bond donors (Lipinski definition) is 0. The minimum atomic E-state index is 0.215. The van der Waals surface area contributed by atoms with E-state index < -0.39 is 0 Å². The molecular weight excluding hydrogens is 238 g/mol. The van der Waals surface area contributed by atoms with Gasteiger partial charge in [0.2, 0.25) is 5.91 Å². The van der Waals surface area contributed by atoms with Gasteiger partial charge in [0.05, 0.1) is 6.10 Å². The summed E-state index contributed by atoms with van der Waals surface area (Å²) in [6.45, 7) is 2.18. The lowest BCUT2D eigenvalue weighted by Crippen LogP contribution is -2.36. The molecule has 2 aliphatic rings. The van der Waals surface area contributed by atoms with Gasteiger partial charge in [0.25, 0.3) is 0 Å². The van der Waals surface area contributed by atoms with Crippen LogP contribution in [0.5, 0.6) is 0 Å². The highest BCUT2D eigenvalue weighted by atomic mass is 16.5. The fourth-order valence-corrected chi connectivity index (χ4v) is 3.19. The van der Waals surface area contributed by atoms with E-state index in [1.165, 1.54) is 44.9 Å². The standard InChI is InChI=1S/C16H29NO2/c18-16(14-19-15-10-6-5-7-11-15)17-12-8-3-1-2-4-9-13-17/h15H,1-14H2. The van der Waals surface area contributed by atoms with Crippen molar-refractivity contribution < 1.29 is 9.53 Å². The topological polar surface area (TPSA) is 29.5 Å². The van der Waals surface area contributed by atoms with E-state index in [1.54, 1.807) is 0 Å². The largest absolute Gasteiger partial charge is 0.368 e. The van der Waals surface area contributed by atoms with Gasteiger partial charge in [-0.1, -0.05) is 44.9 Å². The van der Waals surface area contributed by atoms with Crippen molar-refractivity contribution in [3.05, 3.63) is 0 Å². The Morgan fingerprint density at radius 2 is 1.37 bits per heavy atom. The summed E-state index contributed by atoms with van der Waals surface area (Å²) in [5.41, 5.74) is 0. The van der Waals surface area contributed by atoms with Gasteiger partial charge in [0.15, 0.2) is 0 Å². The van der Waals surface area contributed by atoms with Crippen LogP contribution in [0.4, 0.5) is 0 Å². The molecule has 1 aliphatic heterocycles. The highest BCUT2D eigenvalue weighted by Crippen LogP contribution is 2.20. The Morgan fingerprint density at radius 3 is 2.00 bits per heavy atom. The summed E-state index contributed by atoms with van der Waals surface area (Å²) in [6, 6.07) is 0. The number of carbonyl (C=O) groups excluding carboxylic acids is 1. The Morgan fingerprint density at radius 1 is 0.842 bits per heavy atom. The van der Waals surface area contributed by atoms with Gasteiger partial charge in [-0.2, -0.15) is 0 Å². The van der Waals surface area contributed by atoms with Gasteiger partial charge < -0.3 is 9.64 Å². The molecule has 1 aliphatic carbocycles. The molecular formula is C16H29NO2. The Kier molecular flexibility index (Phi) is 6.69. The molecule has 0 atom stereocenters. The van der Waals surface area contributed by atoms with Crippen LogP contribution in [-0.4, -0.2) is 36.6 Å². The van der Waals surface area contributed by atoms with Crippen molar-refractivity contribution in [1.82, 2.24) is 4.90 Å². The summed E-state index contributed by atoms with van der Waals surface area (Å²) in [6.07, 6.45) is 14.0. The second-order valence-corrected chi connectivity index (χ2v) is 6.07. The van der Waals surface area contributed by atoms with Crippen molar-refractivity contribution in [3.63, 3.8) is 0 Å². The van der Waals surface area contributed by atoms with E-state index in [0.29, 0.717) is 12.7 Å². The van der Waals surface area contributed by atoms with E-state index in [1.807, 2.05) is 4.90 Å². The van der Waals surface area contributed by atoms with Crippen molar-refractivity contribution >= 4 is 5.91 Å². The third-order valence-corrected chi connectivity index (χ3v) is 4.45. The van der Waals surface area contributed by atoms with E-state index in [4.69, 9.17) is 4.74 Å². The highest BCUT2D eigenvalue weighted by molar-refractivity contribution is 5.77. The molecule has 0 aromatic rings. The van der Waals surface area contributed by atoms with Crippen LogP contribution in [0.2, 0.25) is 0 Å². The molecule has 0 aromatic carbocycles. The van der Waals surface area contributed by atoms with Gasteiger partial charge in [-0.15, -0.1) is 0 Å². The summed E-state index contributed by atoms with van der Waals surface area (Å²) in [5, 5.41) is 0. The molecule has 0 radical (unpaired) electrons. The van der Waals surface area contributed by atoms with Gasteiger partial charge >= 0.3 is 0 Å². The molecule has 1 saturated carbocycles. The van der Waals surface area contributed by atoms with E-state index >= 15 is 0 Å². The molecule has 0 spiro atoms. The fraction of sp³-hybridized carbons (Fsp3) is 0.938. The number of nitrogens with zero attached hydrogens (tertiary/aromatic N) is 1. The summed E-state index contributed by atoms with van der Waals surface area (Å²) < 4.78 is 5.81. The third-order valence-electron chi connectivity index (χ3n) is 4.45. The molecule has 1 amide bonds. The van der Waals surface area contributed by atoms with Gasteiger partial charge in [-0.25, -0.2) is 0 Å². The first kappa shape index (κ1) is 14.8. The van der Waals surface area contributed by atoms with Crippen molar-refractivity contribution in [3.8, 4) is 0 Å². The SMILES string of the molecule is O=C(COC1CCCCC1)N1CCCCCCCC1. The summed E-state index contributed by atoms with van der Waals surface area (Å²) in [7, 11) is 0. The molecule has 0 N–H and O–H groups in total. The molecule has 110 valence electrons. The van der Waals surface area contributed by atoms with E-state index in [-0.39, 0.29) is 5.91 Å². The zero-order valence-electron chi connectivity index (χ0n) is 12.2. The third kappa shape index (κ3) is 5.52. The zero-order chi connectivity index (χ0) is 13.3. The first-order chi connectivity index (χ1) is 9.36. The normalized spacial score (nSPS) is 23.5. The van der Waals surface area contributed by atoms with Crippen LogP contribution in [0, 0.1) is 0 Å². The molecule has 1 saturated heterocycles. The maximum Gasteiger partial charge on any atom is 0.248 e. The van der Waals surface area contributed by atoms with Crippen molar-refractivity contribution in [2.24, 2.45) is 0 Å².